The zero-order chi connectivity index (χ0) is 23.3. The van der Waals surface area contributed by atoms with Gasteiger partial charge < -0.3 is 9.47 Å². The quantitative estimate of drug-likeness (QED) is 0.415. The molecule has 2 N–H and O–H groups in total. The normalized spacial score (nSPS) is 13.2. The summed E-state index contributed by atoms with van der Waals surface area (Å²) in [6, 6.07) is 6.08. The van der Waals surface area contributed by atoms with E-state index >= 15 is 0 Å². The summed E-state index contributed by atoms with van der Waals surface area (Å²) in [7, 11) is 0. The zero-order valence-electron chi connectivity index (χ0n) is 16.5. The molecule has 0 saturated heterocycles. The Hall–Kier alpha value is -3.13. The number of halogens is 3. The van der Waals surface area contributed by atoms with Gasteiger partial charge in [0.25, 0.3) is 5.91 Å². The third kappa shape index (κ3) is 5.97. The van der Waals surface area contributed by atoms with Crippen LogP contribution in [-0.4, -0.2) is 34.5 Å². The molecule has 2 aromatic rings. The van der Waals surface area contributed by atoms with Gasteiger partial charge in [-0.15, -0.1) is 10.2 Å². The second kappa shape index (κ2) is 10.5. The van der Waals surface area contributed by atoms with E-state index in [0.717, 1.165) is 18.4 Å². The molecule has 32 heavy (non-hydrogen) atoms. The van der Waals surface area contributed by atoms with Crippen molar-refractivity contribution in [3.63, 3.8) is 0 Å². The standard InChI is InChI=1S/C19H15Cl3N6O4/c1-2-31-19(30)24-18(29)14(8-23)26-25-10-5-12(20)16(13(21)6-10)32-15-7-11(9-3-4-9)17(22)28-27-15/h5-7,9,25H,2-4H2,1H3,(H,24,29,30)/b26-14+. The van der Waals surface area contributed by atoms with Crippen LogP contribution in [0.1, 0.15) is 31.2 Å². The van der Waals surface area contributed by atoms with Crippen LogP contribution < -0.4 is 15.5 Å². The molecule has 2 amide bonds. The van der Waals surface area contributed by atoms with Crippen molar-refractivity contribution in [2.24, 2.45) is 5.10 Å². The number of hydrogen-bond donors (Lipinski definition) is 2. The number of nitrogens with zero attached hydrogens (tertiary/aromatic N) is 4. The Bertz CT molecular complexity index is 1110. The monoisotopic (exact) mass is 496 g/mol. The van der Waals surface area contributed by atoms with Gasteiger partial charge in [-0.1, -0.05) is 34.8 Å². The Balaban J connectivity index is 1.73. The number of hydrogen-bond acceptors (Lipinski definition) is 9. The van der Waals surface area contributed by atoms with E-state index in [1.165, 1.54) is 12.1 Å². The summed E-state index contributed by atoms with van der Waals surface area (Å²) in [6.45, 7) is 1.63. The minimum Gasteiger partial charge on any atom is -0.450 e. The summed E-state index contributed by atoms with van der Waals surface area (Å²) in [5, 5.41) is 22.9. The number of carbonyl (C=O) groups is 2. The van der Waals surface area contributed by atoms with Crippen LogP contribution in [0, 0.1) is 11.3 Å². The van der Waals surface area contributed by atoms with E-state index in [4.69, 9.17) is 44.8 Å². The van der Waals surface area contributed by atoms with Crippen LogP contribution in [0.25, 0.3) is 0 Å². The van der Waals surface area contributed by atoms with Gasteiger partial charge in [0.2, 0.25) is 11.6 Å². The van der Waals surface area contributed by atoms with Crippen LogP contribution in [0.5, 0.6) is 11.6 Å². The molecule has 13 heteroatoms. The number of ether oxygens (including phenoxy) is 2. The molecule has 1 fully saturated rings. The summed E-state index contributed by atoms with van der Waals surface area (Å²) < 4.78 is 10.3. The number of nitriles is 1. The van der Waals surface area contributed by atoms with Gasteiger partial charge in [0.15, 0.2) is 10.9 Å². The smallest absolute Gasteiger partial charge is 0.414 e. The molecular weight excluding hydrogens is 483 g/mol. The fourth-order valence-electron chi connectivity index (χ4n) is 2.50. The van der Waals surface area contributed by atoms with E-state index in [1.54, 1.807) is 19.1 Å². The van der Waals surface area contributed by atoms with Gasteiger partial charge in [0.05, 0.1) is 22.3 Å². The van der Waals surface area contributed by atoms with Crippen LogP contribution >= 0.6 is 34.8 Å². The number of rotatable bonds is 7. The maximum absolute atomic E-state index is 11.9. The molecule has 0 bridgehead atoms. The number of aromatic nitrogens is 2. The molecule has 0 radical (unpaired) electrons. The van der Waals surface area contributed by atoms with E-state index < -0.39 is 17.7 Å². The summed E-state index contributed by atoms with van der Waals surface area (Å²) >= 11 is 18.6. The molecule has 0 unspecified atom stereocenters. The van der Waals surface area contributed by atoms with Gasteiger partial charge in [-0.25, -0.2) is 4.79 Å². The topological polar surface area (TPSA) is 139 Å². The highest BCUT2D eigenvalue weighted by atomic mass is 35.5. The fraction of sp³-hybridized carbons (Fsp3) is 0.263. The largest absolute Gasteiger partial charge is 0.450 e. The Labute approximate surface area is 197 Å². The van der Waals surface area contributed by atoms with Gasteiger partial charge in [-0.2, -0.15) is 10.4 Å². The molecule has 0 spiro atoms. The van der Waals surface area contributed by atoms with Crippen molar-refractivity contribution in [1.29, 1.82) is 5.26 Å². The number of anilines is 1. The number of imide groups is 1. The van der Waals surface area contributed by atoms with Crippen molar-refractivity contribution in [3.8, 4) is 17.7 Å². The van der Waals surface area contributed by atoms with Gasteiger partial charge in [0, 0.05) is 6.07 Å². The first-order valence-corrected chi connectivity index (χ1v) is 10.4. The molecule has 0 aliphatic heterocycles. The van der Waals surface area contributed by atoms with Gasteiger partial charge >= 0.3 is 6.09 Å². The summed E-state index contributed by atoms with van der Waals surface area (Å²) in [6.07, 6.45) is 1.05. The lowest BCUT2D eigenvalue weighted by Gasteiger charge is -2.11. The number of benzene rings is 1. The van der Waals surface area contributed by atoms with Crippen molar-refractivity contribution in [3.05, 3.63) is 39.0 Å². The second-order valence-corrected chi connectivity index (χ2v) is 7.61. The summed E-state index contributed by atoms with van der Waals surface area (Å²) in [5.74, 6) is -0.391. The maximum Gasteiger partial charge on any atom is 0.414 e. The summed E-state index contributed by atoms with van der Waals surface area (Å²) in [5.41, 5.74) is 2.96. The SMILES string of the molecule is CCOC(=O)NC(=O)/C(C#N)=N/Nc1cc(Cl)c(Oc2cc(C3CC3)c(Cl)nn2)c(Cl)c1. The molecule has 1 saturated carbocycles. The van der Waals surface area contributed by atoms with E-state index in [9.17, 15) is 9.59 Å². The van der Waals surface area contributed by atoms with E-state index in [1.807, 2.05) is 5.32 Å². The number of carbonyl (C=O) groups excluding carboxylic acids is 2. The fourth-order valence-corrected chi connectivity index (χ4v) is 3.31. The highest BCUT2D eigenvalue weighted by Gasteiger charge is 2.27. The first-order chi connectivity index (χ1) is 15.3. The molecule has 3 rings (SSSR count). The lowest BCUT2D eigenvalue weighted by Crippen LogP contribution is -2.36. The molecule has 1 heterocycles. The average molecular weight is 498 g/mol. The van der Waals surface area contributed by atoms with Crippen LogP contribution in [0.15, 0.2) is 23.3 Å². The van der Waals surface area contributed by atoms with Crippen LogP contribution in [0.4, 0.5) is 10.5 Å². The van der Waals surface area contributed by atoms with E-state index in [0.29, 0.717) is 11.1 Å². The maximum atomic E-state index is 11.9. The minimum absolute atomic E-state index is 0.0608. The van der Waals surface area contributed by atoms with Crippen molar-refractivity contribution in [1.82, 2.24) is 15.5 Å². The third-order valence-electron chi connectivity index (χ3n) is 4.08. The van der Waals surface area contributed by atoms with Crippen LogP contribution in [-0.2, 0) is 9.53 Å². The third-order valence-corrected chi connectivity index (χ3v) is 4.94. The number of alkyl carbamates (subject to hydrolysis) is 1. The number of amides is 2. The number of nitrogens with one attached hydrogen (secondary N) is 2. The van der Waals surface area contributed by atoms with Crippen molar-refractivity contribution in [2.45, 2.75) is 25.7 Å². The van der Waals surface area contributed by atoms with E-state index in [2.05, 4.69) is 25.5 Å². The number of hydrazone groups is 1. The molecule has 1 aromatic carbocycles. The highest BCUT2D eigenvalue weighted by Crippen LogP contribution is 2.44. The van der Waals surface area contributed by atoms with Crippen LogP contribution in [0.3, 0.4) is 0 Å². The molecule has 1 aliphatic rings. The van der Waals surface area contributed by atoms with Gasteiger partial charge in [0.1, 0.15) is 6.07 Å². The van der Waals surface area contributed by atoms with Crippen molar-refractivity contribution >= 4 is 58.2 Å². The minimum atomic E-state index is -1.04. The first-order valence-electron chi connectivity index (χ1n) is 9.24. The molecule has 10 nitrogen and oxygen atoms in total. The highest BCUT2D eigenvalue weighted by molar-refractivity contribution is 6.47. The van der Waals surface area contributed by atoms with Crippen molar-refractivity contribution in [2.75, 3.05) is 12.0 Å². The predicted molar refractivity (Wildman–Crippen MR) is 117 cm³/mol. The molecular formula is C19H15Cl3N6O4. The predicted octanol–water partition coefficient (Wildman–Crippen LogP) is 4.67. The van der Waals surface area contributed by atoms with Crippen LogP contribution in [0.2, 0.25) is 15.2 Å². The molecule has 166 valence electrons. The molecule has 1 aliphatic carbocycles. The summed E-state index contributed by atoms with van der Waals surface area (Å²) in [4.78, 5) is 23.2. The Morgan fingerprint density at radius 1 is 1.22 bits per heavy atom. The zero-order valence-corrected chi connectivity index (χ0v) is 18.8. The Morgan fingerprint density at radius 3 is 2.50 bits per heavy atom. The lowest BCUT2D eigenvalue weighted by molar-refractivity contribution is -0.114. The van der Waals surface area contributed by atoms with Crippen molar-refractivity contribution < 1.29 is 19.1 Å². The average Bonchev–Trinajstić information content (AvgIpc) is 3.57. The second-order valence-electron chi connectivity index (χ2n) is 6.43. The lowest BCUT2D eigenvalue weighted by atomic mass is 10.2. The molecule has 1 aromatic heterocycles. The van der Waals surface area contributed by atoms with Gasteiger partial charge in [-0.3, -0.25) is 15.5 Å². The molecule has 0 atom stereocenters. The Morgan fingerprint density at radius 2 is 1.91 bits per heavy atom. The Kier molecular flexibility index (Phi) is 7.69. The van der Waals surface area contributed by atoms with E-state index in [-0.39, 0.29) is 34.0 Å². The first kappa shape index (κ1) is 23.5. The van der Waals surface area contributed by atoms with Gasteiger partial charge in [-0.05, 0) is 43.4 Å².